The molecule has 0 aromatic heterocycles. The Kier molecular flexibility index (Phi) is 5.58. The lowest BCUT2D eigenvalue weighted by molar-refractivity contribution is -0.385. The first-order valence-electron chi connectivity index (χ1n) is 7.57. The van der Waals surface area contributed by atoms with Gasteiger partial charge in [0.1, 0.15) is 0 Å². The lowest BCUT2D eigenvalue weighted by Gasteiger charge is -2.20. The van der Waals surface area contributed by atoms with Crippen LogP contribution in [-0.2, 0) is 6.18 Å². The molecule has 0 unspecified atom stereocenters. The highest BCUT2D eigenvalue weighted by Gasteiger charge is 2.31. The molecule has 0 aliphatic rings. The summed E-state index contributed by atoms with van der Waals surface area (Å²) in [7, 11) is 4.46. The Hall–Kier alpha value is -3.30. The SMILES string of the molecule is COc1ccc(C(=O)Nc2cc(C(F)(F)F)ccc2N(C)C)cc1[N+](=O)[O-]. The molecule has 0 spiro atoms. The fourth-order valence-electron chi connectivity index (χ4n) is 2.37. The van der Waals surface area contributed by atoms with Crippen LogP contribution in [-0.4, -0.2) is 32.0 Å². The first kappa shape index (κ1) is 20.0. The second-order valence-corrected chi connectivity index (χ2v) is 5.72. The number of nitrogens with zero attached hydrogens (tertiary/aromatic N) is 2. The van der Waals surface area contributed by atoms with Gasteiger partial charge in [0, 0.05) is 25.7 Å². The van der Waals surface area contributed by atoms with Crippen LogP contribution in [0.3, 0.4) is 0 Å². The molecule has 0 saturated heterocycles. The number of methoxy groups -OCH3 is 1. The molecule has 10 heteroatoms. The van der Waals surface area contributed by atoms with Gasteiger partial charge >= 0.3 is 11.9 Å². The minimum Gasteiger partial charge on any atom is -0.490 e. The summed E-state index contributed by atoms with van der Waals surface area (Å²) in [4.78, 5) is 24.3. The van der Waals surface area contributed by atoms with Crippen molar-refractivity contribution in [2.24, 2.45) is 0 Å². The molecule has 1 amide bonds. The molecule has 27 heavy (non-hydrogen) atoms. The molecule has 0 fully saturated rings. The second kappa shape index (κ2) is 7.52. The van der Waals surface area contributed by atoms with E-state index < -0.39 is 28.3 Å². The summed E-state index contributed by atoms with van der Waals surface area (Å²) in [6, 6.07) is 6.47. The zero-order valence-electron chi connectivity index (χ0n) is 14.6. The average Bonchev–Trinajstić information content (AvgIpc) is 2.59. The lowest BCUT2D eigenvalue weighted by Crippen LogP contribution is -2.18. The molecular weight excluding hydrogens is 367 g/mol. The fourth-order valence-corrected chi connectivity index (χ4v) is 2.37. The summed E-state index contributed by atoms with van der Waals surface area (Å²) in [6.45, 7) is 0. The van der Waals surface area contributed by atoms with Gasteiger partial charge in [0.2, 0.25) is 0 Å². The Balaban J connectivity index is 2.42. The highest BCUT2D eigenvalue weighted by molar-refractivity contribution is 6.06. The van der Waals surface area contributed by atoms with Crippen molar-refractivity contribution in [2.75, 3.05) is 31.4 Å². The normalized spacial score (nSPS) is 11.0. The Morgan fingerprint density at radius 1 is 1.19 bits per heavy atom. The van der Waals surface area contributed by atoms with Crippen molar-refractivity contribution in [3.8, 4) is 5.75 Å². The lowest BCUT2D eigenvalue weighted by atomic mass is 10.1. The Morgan fingerprint density at radius 3 is 2.37 bits per heavy atom. The van der Waals surface area contributed by atoms with Crippen LogP contribution in [0, 0.1) is 10.1 Å². The van der Waals surface area contributed by atoms with Crippen LogP contribution in [0.2, 0.25) is 0 Å². The number of carbonyl (C=O) groups excluding carboxylic acids is 1. The van der Waals surface area contributed by atoms with Crippen LogP contribution in [0.25, 0.3) is 0 Å². The van der Waals surface area contributed by atoms with E-state index in [0.717, 1.165) is 18.2 Å². The van der Waals surface area contributed by atoms with E-state index in [-0.39, 0.29) is 17.0 Å². The van der Waals surface area contributed by atoms with Crippen LogP contribution in [0.15, 0.2) is 36.4 Å². The van der Waals surface area contributed by atoms with Crippen molar-refractivity contribution in [1.29, 1.82) is 0 Å². The highest BCUT2D eigenvalue weighted by atomic mass is 19.4. The third-order valence-electron chi connectivity index (χ3n) is 3.69. The highest BCUT2D eigenvalue weighted by Crippen LogP contribution is 2.35. The molecule has 144 valence electrons. The predicted octanol–water partition coefficient (Wildman–Crippen LogP) is 3.94. The number of nitrogens with one attached hydrogen (secondary N) is 1. The molecule has 0 heterocycles. The van der Waals surface area contributed by atoms with E-state index in [9.17, 15) is 28.1 Å². The van der Waals surface area contributed by atoms with Gasteiger partial charge in [-0.2, -0.15) is 13.2 Å². The molecule has 2 rings (SSSR count). The van der Waals surface area contributed by atoms with E-state index in [2.05, 4.69) is 5.32 Å². The number of ether oxygens (including phenoxy) is 1. The van der Waals surface area contributed by atoms with Crippen LogP contribution in [0.4, 0.5) is 30.2 Å². The van der Waals surface area contributed by atoms with Gasteiger partial charge in [0.25, 0.3) is 5.91 Å². The number of carbonyl (C=O) groups is 1. The molecule has 0 radical (unpaired) electrons. The monoisotopic (exact) mass is 383 g/mol. The third kappa shape index (κ3) is 4.46. The molecule has 1 N–H and O–H groups in total. The van der Waals surface area contributed by atoms with E-state index in [4.69, 9.17) is 4.74 Å². The molecule has 0 bridgehead atoms. The number of hydrogen-bond donors (Lipinski definition) is 1. The molecule has 0 aliphatic carbocycles. The summed E-state index contributed by atoms with van der Waals surface area (Å²) in [5.41, 5.74) is -1.17. The van der Waals surface area contributed by atoms with Crippen molar-refractivity contribution in [3.05, 3.63) is 57.6 Å². The van der Waals surface area contributed by atoms with E-state index in [0.29, 0.717) is 5.69 Å². The zero-order valence-corrected chi connectivity index (χ0v) is 14.6. The van der Waals surface area contributed by atoms with E-state index in [1.165, 1.54) is 30.2 Å². The number of halogens is 3. The van der Waals surface area contributed by atoms with Gasteiger partial charge in [-0.1, -0.05) is 0 Å². The fraction of sp³-hybridized carbons (Fsp3) is 0.235. The third-order valence-corrected chi connectivity index (χ3v) is 3.69. The average molecular weight is 383 g/mol. The molecular formula is C17H16F3N3O4. The van der Waals surface area contributed by atoms with E-state index >= 15 is 0 Å². The Bertz CT molecular complexity index is 882. The summed E-state index contributed by atoms with van der Waals surface area (Å²) in [6.07, 6.45) is -4.58. The number of nitro benzene ring substituents is 1. The van der Waals surface area contributed by atoms with Crippen molar-refractivity contribution in [3.63, 3.8) is 0 Å². The summed E-state index contributed by atoms with van der Waals surface area (Å²) in [5, 5.41) is 13.5. The number of benzene rings is 2. The summed E-state index contributed by atoms with van der Waals surface area (Å²) in [5.74, 6) is -0.826. The van der Waals surface area contributed by atoms with Gasteiger partial charge in [-0.05, 0) is 30.3 Å². The van der Waals surface area contributed by atoms with Crippen LogP contribution < -0.4 is 15.0 Å². The topological polar surface area (TPSA) is 84.7 Å². The number of hydrogen-bond acceptors (Lipinski definition) is 5. The van der Waals surface area contributed by atoms with Crippen molar-refractivity contribution in [1.82, 2.24) is 0 Å². The van der Waals surface area contributed by atoms with Gasteiger partial charge in [-0.15, -0.1) is 0 Å². The van der Waals surface area contributed by atoms with Crippen molar-refractivity contribution >= 4 is 23.0 Å². The zero-order chi connectivity index (χ0) is 20.4. The largest absolute Gasteiger partial charge is 0.490 e. The van der Waals surface area contributed by atoms with E-state index in [1.54, 1.807) is 14.1 Å². The standard InChI is InChI=1S/C17H16F3N3O4/c1-22(2)13-6-5-11(17(18,19)20)9-12(13)21-16(24)10-4-7-15(27-3)14(8-10)23(25)26/h4-9H,1-3H3,(H,21,24). The first-order valence-corrected chi connectivity index (χ1v) is 7.57. The molecule has 0 atom stereocenters. The number of amides is 1. The van der Waals surface area contributed by atoms with E-state index in [1.807, 2.05) is 0 Å². The van der Waals surface area contributed by atoms with Gasteiger partial charge in [0.15, 0.2) is 5.75 Å². The minimum absolute atomic E-state index is 0.0374. The maximum absolute atomic E-state index is 13.0. The maximum atomic E-state index is 13.0. The number of anilines is 2. The number of alkyl halides is 3. The molecule has 7 nitrogen and oxygen atoms in total. The van der Waals surface area contributed by atoms with Crippen LogP contribution >= 0.6 is 0 Å². The maximum Gasteiger partial charge on any atom is 0.416 e. The number of rotatable bonds is 5. The second-order valence-electron chi connectivity index (χ2n) is 5.72. The molecule has 0 aliphatic heterocycles. The minimum atomic E-state index is -4.58. The molecule has 2 aromatic rings. The smallest absolute Gasteiger partial charge is 0.416 e. The summed E-state index contributed by atoms with van der Waals surface area (Å²) >= 11 is 0. The Morgan fingerprint density at radius 2 is 1.85 bits per heavy atom. The Labute approximate surface area is 152 Å². The first-order chi connectivity index (χ1) is 12.5. The van der Waals surface area contributed by atoms with Crippen molar-refractivity contribution < 1.29 is 27.6 Å². The molecule has 2 aromatic carbocycles. The van der Waals surface area contributed by atoms with Crippen LogP contribution in [0.1, 0.15) is 15.9 Å². The van der Waals surface area contributed by atoms with Gasteiger partial charge < -0.3 is 15.0 Å². The van der Waals surface area contributed by atoms with Gasteiger partial charge in [0.05, 0.1) is 29.0 Å². The van der Waals surface area contributed by atoms with Crippen molar-refractivity contribution in [2.45, 2.75) is 6.18 Å². The predicted molar refractivity (Wildman–Crippen MR) is 93.4 cm³/mol. The quantitative estimate of drug-likeness (QED) is 0.624. The van der Waals surface area contributed by atoms with Crippen LogP contribution in [0.5, 0.6) is 5.75 Å². The summed E-state index contributed by atoms with van der Waals surface area (Å²) < 4.78 is 43.8. The molecule has 0 saturated carbocycles. The van der Waals surface area contributed by atoms with Gasteiger partial charge in [-0.3, -0.25) is 14.9 Å². The van der Waals surface area contributed by atoms with Gasteiger partial charge in [-0.25, -0.2) is 0 Å². The number of nitro groups is 1.